The first kappa shape index (κ1) is 62.3. The predicted octanol–water partition coefficient (Wildman–Crippen LogP) is 15.3. The highest BCUT2D eigenvalue weighted by Crippen LogP contribution is 2.49. The average Bonchev–Trinajstić information content (AvgIpc) is 1.61. The van der Waals surface area contributed by atoms with E-state index < -0.39 is 0 Å². The molecule has 5 aliphatic rings. The molecule has 14 aromatic rings. The summed E-state index contributed by atoms with van der Waals surface area (Å²) in [5.41, 5.74) is 12.3. The Morgan fingerprint density at radius 3 is 1.44 bits per heavy atom. The summed E-state index contributed by atoms with van der Waals surface area (Å²) in [6, 6.07) is 14.7. The Balaban J connectivity index is 0.000000109. The minimum Gasteiger partial charge on any atom is -0.348 e. The Bertz CT molecular complexity index is 5060. The van der Waals surface area contributed by atoms with E-state index in [1.807, 2.05) is 37.2 Å². The van der Waals surface area contributed by atoms with Crippen molar-refractivity contribution >= 4 is 161 Å². The topological polar surface area (TPSA) is 258 Å². The van der Waals surface area contributed by atoms with Crippen LogP contribution in [0.1, 0.15) is 98.8 Å². The molecule has 5 saturated heterocycles. The van der Waals surface area contributed by atoms with Crippen molar-refractivity contribution in [3.8, 4) is 54.0 Å². The van der Waals surface area contributed by atoms with E-state index in [2.05, 4.69) is 196 Å². The van der Waals surface area contributed by atoms with Crippen LogP contribution >= 0.6 is 84.0 Å². The van der Waals surface area contributed by atoms with Gasteiger partial charge in [0.05, 0.1) is 53.2 Å². The summed E-state index contributed by atoms with van der Waals surface area (Å²) in [5, 5.41) is 44.8. The molecule has 19 rings (SSSR count). The number of H-pyrrole nitrogens is 5. The number of aromatic nitrogens is 16. The van der Waals surface area contributed by atoms with Gasteiger partial charge in [0.2, 0.25) is 0 Å². The maximum atomic E-state index is 5.02. The van der Waals surface area contributed by atoms with Gasteiger partial charge < -0.3 is 35.2 Å². The second-order valence-corrected chi connectivity index (χ2v) is 34.8. The number of halogens is 1. The summed E-state index contributed by atoms with van der Waals surface area (Å²) in [6.45, 7) is 12.9. The summed E-state index contributed by atoms with van der Waals surface area (Å²) in [6.07, 6.45) is 24.9. The van der Waals surface area contributed by atoms with Crippen LogP contribution in [0, 0.1) is 0 Å². The molecule has 22 nitrogen and oxygen atoms in total. The van der Waals surface area contributed by atoms with E-state index in [0.717, 1.165) is 155 Å². The molecule has 0 amide bonds. The highest BCUT2D eigenvalue weighted by Gasteiger charge is 2.51. The van der Waals surface area contributed by atoms with Gasteiger partial charge in [-0.25, -0.2) is 34.9 Å². The summed E-state index contributed by atoms with van der Waals surface area (Å²) >= 11 is 13.6. The average molecular weight is 1460 g/mol. The molecule has 8 atom stereocenters. The van der Waals surface area contributed by atoms with Gasteiger partial charge in [-0.1, -0.05) is 96.1 Å². The van der Waals surface area contributed by atoms with Crippen LogP contribution in [0.15, 0.2) is 84.4 Å². The van der Waals surface area contributed by atoms with Gasteiger partial charge in [-0.2, -0.15) is 20.4 Å². The third-order valence-corrected chi connectivity index (χ3v) is 28.2. The number of thiazole rings is 6. The van der Waals surface area contributed by atoms with Crippen molar-refractivity contribution in [2.75, 3.05) is 49.4 Å². The molecule has 4 unspecified atom stereocenters. The van der Waals surface area contributed by atoms with E-state index in [9.17, 15) is 0 Å². The summed E-state index contributed by atoms with van der Waals surface area (Å²) in [5.74, 6) is 0. The standard InChI is InChI=1S/C24H26N8S2.C22H24N8S2.C21H23BrN6S2/c1-23-6-7-24(2,31-23)9-14(8-23)32(3)22-29-21-20(34-22)28-19(33-21)16-5-4-15(13-10-25-26-11-13)17-12-27-30-18(16)17;1-12-8-14(6-7-29(12)2)30(3)22-28-21-20(32-22)27-19(31-21)16-5-4-15(13-9-25-26-10-13)17-18(16)24-11-23-17;1-20-6-7-21(2,27-20)9-11(8-20)28(3)19-25-18-17(30-19)24-16(29-18)12-4-5-14(22)13-10-23-26-15(12)13/h4-5,10-12,14,31H,6-9H2,1-3H3,(H,25,26)(H,27,30);4-5,9-12,14H,6-8H2,1-3H3,(H,23,24)(H,25,26);4-5,10-11,27H,6-9H2,1-3H3,(H,23,26)/t14?,23-,24+;;11?,20-,21+. The number of hydrogen-bond acceptors (Lipinski definition) is 23. The molecule has 5 aliphatic heterocycles. The number of benzene rings is 3. The third-order valence-electron chi connectivity index (χ3n) is 21.1. The number of imidazole rings is 1. The molecule has 4 bridgehead atoms. The largest absolute Gasteiger partial charge is 0.348 e. The zero-order chi connectivity index (χ0) is 65.6. The van der Waals surface area contributed by atoms with Crippen molar-refractivity contribution in [2.45, 2.75) is 145 Å². The fourth-order valence-electron chi connectivity index (χ4n) is 15.9. The Morgan fingerprint density at radius 2 is 0.938 bits per heavy atom. The molecule has 11 aromatic heterocycles. The lowest BCUT2D eigenvalue weighted by Crippen LogP contribution is -2.58. The van der Waals surface area contributed by atoms with Crippen LogP contribution in [0.4, 0.5) is 15.4 Å². The van der Waals surface area contributed by atoms with Crippen molar-refractivity contribution < 1.29 is 0 Å². The molecule has 5 fully saturated rings. The lowest BCUT2D eigenvalue weighted by atomic mass is 9.84. The Hall–Kier alpha value is -7.19. The van der Waals surface area contributed by atoms with Gasteiger partial charge in [-0.05, 0) is 136 Å². The highest BCUT2D eigenvalue weighted by atomic mass is 79.9. The fourth-order valence-corrected chi connectivity index (χ4v) is 22.6. The normalized spacial score (nSPS) is 25.0. The van der Waals surface area contributed by atoms with Gasteiger partial charge in [0.25, 0.3) is 0 Å². The zero-order valence-electron chi connectivity index (χ0n) is 54.6. The van der Waals surface area contributed by atoms with Gasteiger partial charge in [-0.15, -0.1) is 0 Å². The number of fused-ring (bicyclic) bond motifs is 10. The molecule has 96 heavy (non-hydrogen) atoms. The maximum absolute atomic E-state index is 5.02. The van der Waals surface area contributed by atoms with Crippen molar-refractivity contribution in [1.29, 1.82) is 0 Å². The van der Waals surface area contributed by atoms with Crippen LogP contribution in [0.3, 0.4) is 0 Å². The number of aromatic amines is 5. The van der Waals surface area contributed by atoms with E-state index in [1.165, 1.54) is 51.4 Å². The summed E-state index contributed by atoms with van der Waals surface area (Å²) in [7, 11) is 8.79. The zero-order valence-corrected chi connectivity index (χ0v) is 61.1. The number of nitrogens with zero attached hydrogens (tertiary/aromatic N) is 15. The SMILES string of the molecule is CC1CC(N(C)c2nc3sc(-c4ccc(-c5cn[nH]c5)c5[nH]cnc45)nc3s2)CCN1C.CN(c1nc2sc(-c3ccc(-c4cn[nH]c4)c4cn[nH]c34)nc2s1)C1C[C@]2(C)CC[C@](C)(C1)N2.CN(c1nc2sc(-c3ccc(Br)c4cn[nH]c34)nc2s1)C1C[C@]2(C)CC[C@](C)(C1)N2. The molecular formula is C67H73BrN22S6. The van der Waals surface area contributed by atoms with Crippen LogP contribution in [0.2, 0.25) is 0 Å². The van der Waals surface area contributed by atoms with Gasteiger partial charge >= 0.3 is 0 Å². The minimum absolute atomic E-state index is 0.240. The van der Waals surface area contributed by atoms with Crippen LogP contribution in [0.25, 0.3) is 116 Å². The van der Waals surface area contributed by atoms with Crippen molar-refractivity contribution in [3.63, 3.8) is 0 Å². The van der Waals surface area contributed by atoms with Gasteiger partial charge in [0, 0.05) is 135 Å². The molecular weight excluding hydrogens is 1390 g/mol. The summed E-state index contributed by atoms with van der Waals surface area (Å²) < 4.78 is 1.04. The molecule has 3 aromatic carbocycles. The Labute approximate surface area is 585 Å². The monoisotopic (exact) mass is 1460 g/mol. The first-order valence-corrected chi connectivity index (χ1v) is 38.3. The maximum Gasteiger partial charge on any atom is 0.188 e. The van der Waals surface area contributed by atoms with Crippen molar-refractivity contribution in [2.24, 2.45) is 0 Å². The molecule has 0 radical (unpaired) electrons. The van der Waals surface area contributed by atoms with E-state index in [4.69, 9.17) is 29.9 Å². The number of likely N-dealkylation sites (tertiary alicyclic amines) is 1. The molecule has 0 saturated carbocycles. The number of rotatable bonds is 11. The van der Waals surface area contributed by atoms with Crippen LogP contribution in [-0.2, 0) is 0 Å². The van der Waals surface area contributed by atoms with E-state index in [0.29, 0.717) is 24.2 Å². The first-order valence-electron chi connectivity index (χ1n) is 32.6. The number of piperidine rings is 3. The van der Waals surface area contributed by atoms with Crippen molar-refractivity contribution in [1.82, 2.24) is 96.2 Å². The van der Waals surface area contributed by atoms with Crippen LogP contribution in [-0.4, -0.2) is 167 Å². The quantitative estimate of drug-likeness (QED) is 0.0635. The third kappa shape index (κ3) is 11.2. The minimum atomic E-state index is 0.240. The first-order chi connectivity index (χ1) is 46.3. The molecule has 16 heterocycles. The Morgan fingerprint density at radius 1 is 0.500 bits per heavy atom. The van der Waals surface area contributed by atoms with Gasteiger partial charge in [0.15, 0.2) is 44.4 Å². The fraction of sp³-hybridized carbons (Fsp3) is 0.418. The smallest absolute Gasteiger partial charge is 0.188 e. The highest BCUT2D eigenvalue weighted by molar-refractivity contribution is 9.10. The lowest BCUT2D eigenvalue weighted by molar-refractivity contribution is 0.181. The second-order valence-electron chi connectivity index (χ2n) is 28.2. The van der Waals surface area contributed by atoms with E-state index in [1.54, 1.807) is 74.3 Å². The number of nitrogens with one attached hydrogen (secondary N) is 7. The van der Waals surface area contributed by atoms with E-state index >= 15 is 0 Å². The molecule has 0 aliphatic carbocycles. The lowest BCUT2D eigenvalue weighted by Gasteiger charge is -2.45. The van der Waals surface area contributed by atoms with Gasteiger partial charge in [0.1, 0.15) is 15.0 Å². The Kier molecular flexibility index (Phi) is 15.4. The molecule has 494 valence electrons. The summed E-state index contributed by atoms with van der Waals surface area (Å²) in [4.78, 5) is 53.3. The van der Waals surface area contributed by atoms with Gasteiger partial charge in [-0.3, -0.25) is 20.4 Å². The second kappa shape index (κ2) is 23.8. The number of hydrogen-bond donors (Lipinski definition) is 7. The molecule has 7 N–H and O–H groups in total. The van der Waals surface area contributed by atoms with Crippen LogP contribution < -0.4 is 25.3 Å². The number of anilines is 3. The van der Waals surface area contributed by atoms with Crippen LogP contribution in [0.5, 0.6) is 0 Å². The van der Waals surface area contributed by atoms with E-state index in [-0.39, 0.29) is 22.2 Å². The van der Waals surface area contributed by atoms with Crippen molar-refractivity contribution in [3.05, 3.63) is 84.4 Å². The predicted molar refractivity (Wildman–Crippen MR) is 399 cm³/mol. The molecule has 29 heteroatoms. The molecule has 0 spiro atoms.